The minimum atomic E-state index is 0.903. The fraction of sp³-hybridized carbons (Fsp3) is 0. The van der Waals surface area contributed by atoms with Gasteiger partial charge in [0.2, 0.25) is 0 Å². The summed E-state index contributed by atoms with van der Waals surface area (Å²) in [5.74, 6) is 0.921. The van der Waals surface area contributed by atoms with E-state index in [-0.39, 0.29) is 0 Å². The van der Waals surface area contributed by atoms with Crippen molar-refractivity contribution in [3.8, 4) is 22.6 Å². The maximum absolute atomic E-state index is 6.48. The first-order valence-electron chi connectivity index (χ1n) is 15.2. The highest BCUT2D eigenvalue weighted by atomic mass is 16.3. The van der Waals surface area contributed by atoms with Gasteiger partial charge < -0.3 is 8.98 Å². The molecule has 10 aromatic rings. The van der Waals surface area contributed by atoms with E-state index in [1.807, 2.05) is 30.5 Å². The number of fused-ring (bicyclic) bond motifs is 9. The number of nitrogens with zero attached hydrogens (tertiary/aromatic N) is 3. The van der Waals surface area contributed by atoms with Crippen molar-refractivity contribution in [2.24, 2.45) is 0 Å². The van der Waals surface area contributed by atoms with Gasteiger partial charge in [-0.25, -0.2) is 4.98 Å². The minimum absolute atomic E-state index is 0.903. The van der Waals surface area contributed by atoms with Crippen LogP contribution in [0.5, 0.6) is 0 Å². The Morgan fingerprint density at radius 1 is 0.422 bits per heavy atom. The third-order valence-electron chi connectivity index (χ3n) is 9.18. The van der Waals surface area contributed by atoms with Crippen LogP contribution in [0.25, 0.3) is 88.2 Å². The molecule has 10 rings (SSSR count). The van der Waals surface area contributed by atoms with Crippen molar-refractivity contribution in [3.05, 3.63) is 152 Å². The van der Waals surface area contributed by atoms with Crippen LogP contribution in [-0.2, 0) is 0 Å². The molecule has 0 spiro atoms. The molecule has 4 heteroatoms. The zero-order valence-electron chi connectivity index (χ0n) is 24.2. The van der Waals surface area contributed by atoms with E-state index in [2.05, 4.69) is 135 Å². The fourth-order valence-corrected chi connectivity index (χ4v) is 7.21. The highest BCUT2D eigenvalue weighted by Crippen LogP contribution is 2.40. The third kappa shape index (κ3) is 3.45. The van der Waals surface area contributed by atoms with Gasteiger partial charge in [0.25, 0.3) is 0 Å². The number of hydrogen-bond acceptors (Lipinski definition) is 2. The number of furan rings is 1. The zero-order valence-corrected chi connectivity index (χ0v) is 24.2. The molecule has 0 atom stereocenters. The summed E-state index contributed by atoms with van der Waals surface area (Å²) in [6.07, 6.45) is 1.85. The maximum atomic E-state index is 6.48. The summed E-state index contributed by atoms with van der Waals surface area (Å²) >= 11 is 0. The molecule has 0 bridgehead atoms. The number of hydrogen-bond donors (Lipinski definition) is 0. The van der Waals surface area contributed by atoms with Gasteiger partial charge in [0.05, 0.1) is 27.8 Å². The second-order valence-corrected chi connectivity index (χ2v) is 11.6. The van der Waals surface area contributed by atoms with E-state index in [9.17, 15) is 0 Å². The lowest BCUT2D eigenvalue weighted by molar-refractivity contribution is 0.666. The number of benzene rings is 6. The Hall–Kier alpha value is -6.13. The predicted octanol–water partition coefficient (Wildman–Crippen LogP) is 10.8. The average Bonchev–Trinajstić information content (AvgIpc) is 3.76. The quantitative estimate of drug-likeness (QED) is 0.210. The van der Waals surface area contributed by atoms with Crippen LogP contribution in [0.1, 0.15) is 0 Å². The summed E-state index contributed by atoms with van der Waals surface area (Å²) in [5.41, 5.74) is 9.84. The van der Waals surface area contributed by atoms with Crippen molar-refractivity contribution in [2.45, 2.75) is 0 Å². The molecular weight excluding hydrogens is 550 g/mol. The normalized spacial score (nSPS) is 12.0. The Labute approximate surface area is 258 Å². The van der Waals surface area contributed by atoms with Crippen LogP contribution in [0, 0.1) is 0 Å². The van der Waals surface area contributed by atoms with E-state index in [4.69, 9.17) is 4.42 Å². The summed E-state index contributed by atoms with van der Waals surface area (Å²) in [4.78, 5) is 4.68. The molecule has 6 aromatic carbocycles. The Morgan fingerprint density at radius 3 is 1.71 bits per heavy atom. The maximum Gasteiger partial charge on any atom is 0.159 e. The summed E-state index contributed by atoms with van der Waals surface area (Å²) in [7, 11) is 0. The fourth-order valence-electron chi connectivity index (χ4n) is 7.21. The lowest BCUT2D eigenvalue weighted by Crippen LogP contribution is -1.96. The lowest BCUT2D eigenvalue weighted by Gasteiger charge is -2.09. The number of rotatable bonds is 3. The first kappa shape index (κ1) is 24.3. The van der Waals surface area contributed by atoms with E-state index in [1.165, 1.54) is 32.7 Å². The number of pyridine rings is 1. The van der Waals surface area contributed by atoms with Gasteiger partial charge in [0, 0.05) is 38.5 Å². The Balaban J connectivity index is 1.20. The Kier molecular flexibility index (Phi) is 4.96. The van der Waals surface area contributed by atoms with E-state index in [1.54, 1.807) is 0 Å². The average molecular weight is 576 g/mol. The van der Waals surface area contributed by atoms with Crippen molar-refractivity contribution in [3.63, 3.8) is 0 Å². The van der Waals surface area contributed by atoms with Crippen LogP contribution >= 0.6 is 0 Å². The minimum Gasteiger partial charge on any atom is -0.454 e. The summed E-state index contributed by atoms with van der Waals surface area (Å²) in [6, 6.07) is 51.7. The second kappa shape index (κ2) is 9.18. The van der Waals surface area contributed by atoms with Crippen LogP contribution < -0.4 is 0 Å². The van der Waals surface area contributed by atoms with Crippen molar-refractivity contribution >= 4 is 65.6 Å². The van der Waals surface area contributed by atoms with Gasteiger partial charge >= 0.3 is 0 Å². The van der Waals surface area contributed by atoms with Crippen molar-refractivity contribution in [1.29, 1.82) is 0 Å². The molecule has 0 aliphatic rings. The van der Waals surface area contributed by atoms with Gasteiger partial charge in [-0.2, -0.15) is 0 Å². The van der Waals surface area contributed by atoms with E-state index in [0.29, 0.717) is 0 Å². The van der Waals surface area contributed by atoms with Gasteiger partial charge in [0.15, 0.2) is 5.58 Å². The van der Waals surface area contributed by atoms with Gasteiger partial charge in [-0.05, 0) is 71.8 Å². The molecule has 4 heterocycles. The molecule has 0 unspecified atom stereocenters. The number of aromatic nitrogens is 3. The molecule has 0 amide bonds. The summed E-state index contributed by atoms with van der Waals surface area (Å²) < 4.78 is 11.1. The topological polar surface area (TPSA) is 35.9 Å². The SMILES string of the molecule is c1ccc(-n2c3ccccc3c3cc(-c4ccc5c(c4)c4ccccc4n5-c4cccc5c4oc4ccccc45)ccc32)nc1. The van der Waals surface area contributed by atoms with Gasteiger partial charge in [-0.3, -0.25) is 4.57 Å². The molecule has 4 aromatic heterocycles. The zero-order chi connectivity index (χ0) is 29.5. The molecule has 0 aliphatic carbocycles. The highest BCUT2D eigenvalue weighted by Gasteiger charge is 2.19. The molecule has 0 radical (unpaired) electrons. The van der Waals surface area contributed by atoms with Gasteiger partial charge in [0.1, 0.15) is 11.4 Å². The standard InChI is InChI=1S/C41H25N3O/c1-4-14-34-28(10-1)32-24-26(19-21-36(32)43(34)38-16-9-13-31-30-12-3-6-17-39(30)45-41(31)38)27-20-22-37-33(25-27)29-11-2-5-15-35(29)44(37)40-18-7-8-23-42-40/h1-25H. The smallest absolute Gasteiger partial charge is 0.159 e. The first-order valence-corrected chi connectivity index (χ1v) is 15.2. The molecule has 0 saturated heterocycles. The molecule has 45 heavy (non-hydrogen) atoms. The predicted molar refractivity (Wildman–Crippen MR) is 186 cm³/mol. The van der Waals surface area contributed by atoms with Crippen molar-refractivity contribution < 1.29 is 4.42 Å². The monoisotopic (exact) mass is 575 g/mol. The van der Waals surface area contributed by atoms with Crippen molar-refractivity contribution in [1.82, 2.24) is 14.1 Å². The Morgan fingerprint density at radius 2 is 1.00 bits per heavy atom. The van der Waals surface area contributed by atoms with Gasteiger partial charge in [-0.15, -0.1) is 0 Å². The van der Waals surface area contributed by atoms with Gasteiger partial charge in [-0.1, -0.05) is 84.9 Å². The largest absolute Gasteiger partial charge is 0.454 e. The molecule has 0 N–H and O–H groups in total. The van der Waals surface area contributed by atoms with E-state index < -0.39 is 0 Å². The molecule has 0 fully saturated rings. The molecule has 4 nitrogen and oxygen atoms in total. The first-order chi connectivity index (χ1) is 22.3. The van der Waals surface area contributed by atoms with Crippen molar-refractivity contribution in [2.75, 3.05) is 0 Å². The third-order valence-corrected chi connectivity index (χ3v) is 9.18. The molecule has 0 aliphatic heterocycles. The van der Waals surface area contributed by atoms with E-state index in [0.717, 1.165) is 55.5 Å². The highest BCUT2D eigenvalue weighted by molar-refractivity contribution is 6.14. The summed E-state index contributed by atoms with van der Waals surface area (Å²) in [5, 5.41) is 7.13. The van der Waals surface area contributed by atoms with Crippen LogP contribution in [0.4, 0.5) is 0 Å². The number of para-hydroxylation sites is 4. The summed E-state index contributed by atoms with van der Waals surface area (Å²) in [6.45, 7) is 0. The second-order valence-electron chi connectivity index (χ2n) is 11.6. The van der Waals surface area contributed by atoms with Crippen LogP contribution in [0.3, 0.4) is 0 Å². The van der Waals surface area contributed by atoms with Crippen LogP contribution in [-0.4, -0.2) is 14.1 Å². The van der Waals surface area contributed by atoms with Crippen LogP contribution in [0.15, 0.2) is 156 Å². The van der Waals surface area contributed by atoms with E-state index >= 15 is 0 Å². The Bertz CT molecular complexity index is 2760. The van der Waals surface area contributed by atoms with Crippen LogP contribution in [0.2, 0.25) is 0 Å². The molecular formula is C41H25N3O. The molecule has 0 saturated carbocycles. The molecule has 210 valence electrons. The lowest BCUT2D eigenvalue weighted by atomic mass is 10.0.